The van der Waals surface area contributed by atoms with Gasteiger partial charge in [0.1, 0.15) is 23.2 Å². The average molecular weight is 487 g/mol. The van der Waals surface area contributed by atoms with Gasteiger partial charge in [0.25, 0.3) is 0 Å². The zero-order valence-electron chi connectivity index (χ0n) is 20.7. The van der Waals surface area contributed by atoms with Crippen molar-refractivity contribution in [3.8, 4) is 0 Å². The molecule has 0 fully saturated rings. The van der Waals surface area contributed by atoms with E-state index in [0.29, 0.717) is 11.1 Å². The van der Waals surface area contributed by atoms with Crippen molar-refractivity contribution in [3.05, 3.63) is 89.5 Å². The summed E-state index contributed by atoms with van der Waals surface area (Å²) in [5.41, 5.74) is 4.92. The summed E-state index contributed by atoms with van der Waals surface area (Å²) in [6.45, 7) is 12.0. The van der Waals surface area contributed by atoms with Crippen LogP contribution in [0.15, 0.2) is 77.2 Å². The molecule has 174 valence electrons. The molecular weight excluding hydrogens is 455 g/mol. The Morgan fingerprint density at radius 2 is 1.53 bits per heavy atom. The normalized spacial score (nSPS) is 13.0. The SMILES string of the molecule is CCN(CC)c1ccc(C(=C2C=CC(=[N+](CC)CC)C=C2)c2c[c-]ccc2S(=O)(=O)[O-])cc1.[Na+]. The van der Waals surface area contributed by atoms with E-state index < -0.39 is 10.1 Å². The van der Waals surface area contributed by atoms with Gasteiger partial charge >= 0.3 is 29.6 Å². The first kappa shape index (κ1) is 28.3. The third-order valence-corrected chi connectivity index (χ3v) is 6.83. The second-order valence-electron chi connectivity index (χ2n) is 7.69. The van der Waals surface area contributed by atoms with Gasteiger partial charge in [0.05, 0.1) is 0 Å². The van der Waals surface area contributed by atoms with E-state index in [2.05, 4.69) is 43.2 Å². The maximum absolute atomic E-state index is 12.1. The molecule has 34 heavy (non-hydrogen) atoms. The van der Waals surface area contributed by atoms with E-state index in [1.807, 2.05) is 48.6 Å². The summed E-state index contributed by atoms with van der Waals surface area (Å²) in [7, 11) is -4.66. The Hall–Kier alpha value is -1.96. The molecule has 2 aromatic carbocycles. The van der Waals surface area contributed by atoms with Crippen molar-refractivity contribution < 1.29 is 47.1 Å². The maximum Gasteiger partial charge on any atom is 1.00 e. The van der Waals surface area contributed by atoms with E-state index in [0.717, 1.165) is 48.7 Å². The van der Waals surface area contributed by atoms with Crippen molar-refractivity contribution in [2.75, 3.05) is 31.1 Å². The molecule has 0 aromatic heterocycles. The molecule has 2 aromatic rings. The Kier molecular flexibility index (Phi) is 10.5. The first-order valence-corrected chi connectivity index (χ1v) is 12.8. The van der Waals surface area contributed by atoms with Gasteiger partial charge in [0, 0.05) is 30.9 Å². The van der Waals surface area contributed by atoms with Crippen molar-refractivity contribution in [1.29, 1.82) is 0 Å². The quantitative estimate of drug-likeness (QED) is 0.247. The number of allylic oxidation sites excluding steroid dienone is 5. The molecule has 0 saturated heterocycles. The second-order valence-corrected chi connectivity index (χ2v) is 9.04. The number of hydrogen-bond donors (Lipinski definition) is 0. The smallest absolute Gasteiger partial charge is 0.746 e. The average Bonchev–Trinajstić information content (AvgIpc) is 2.82. The molecule has 0 aliphatic heterocycles. The number of benzene rings is 2. The molecule has 0 amide bonds. The van der Waals surface area contributed by atoms with Crippen LogP contribution in [0.4, 0.5) is 5.69 Å². The second kappa shape index (κ2) is 12.7. The fourth-order valence-corrected chi connectivity index (χ4v) is 4.83. The molecule has 0 radical (unpaired) electrons. The fraction of sp³-hybridized carbons (Fsp3) is 0.296. The van der Waals surface area contributed by atoms with Crippen LogP contribution in [-0.4, -0.2) is 49.4 Å². The third kappa shape index (κ3) is 6.37. The number of rotatable bonds is 8. The Balaban J connectivity index is 0.00000408. The van der Waals surface area contributed by atoms with Crippen molar-refractivity contribution in [3.63, 3.8) is 0 Å². The summed E-state index contributed by atoms with van der Waals surface area (Å²) >= 11 is 0. The van der Waals surface area contributed by atoms with Crippen LogP contribution in [0.25, 0.3) is 5.57 Å². The van der Waals surface area contributed by atoms with Gasteiger partial charge < -0.3 is 9.45 Å². The van der Waals surface area contributed by atoms with Crippen LogP contribution in [-0.2, 0) is 10.1 Å². The summed E-state index contributed by atoms with van der Waals surface area (Å²) in [5.74, 6) is 0. The van der Waals surface area contributed by atoms with E-state index in [1.165, 1.54) is 12.1 Å². The van der Waals surface area contributed by atoms with Crippen LogP contribution in [0.1, 0.15) is 38.8 Å². The molecule has 7 heteroatoms. The zero-order chi connectivity index (χ0) is 24.0. The minimum Gasteiger partial charge on any atom is -0.746 e. The van der Waals surface area contributed by atoms with Gasteiger partial charge in [-0.05, 0) is 68.0 Å². The van der Waals surface area contributed by atoms with Crippen molar-refractivity contribution >= 4 is 27.1 Å². The fourth-order valence-electron chi connectivity index (χ4n) is 4.16. The summed E-state index contributed by atoms with van der Waals surface area (Å²) in [6.07, 6.45) is 8.03. The van der Waals surface area contributed by atoms with Crippen LogP contribution < -0.4 is 34.5 Å². The van der Waals surface area contributed by atoms with Crippen molar-refractivity contribution in [1.82, 2.24) is 0 Å². The van der Waals surface area contributed by atoms with Crippen molar-refractivity contribution in [2.24, 2.45) is 0 Å². The molecule has 0 saturated carbocycles. The summed E-state index contributed by atoms with van der Waals surface area (Å²) in [5, 5.41) is 0. The van der Waals surface area contributed by atoms with Crippen LogP contribution >= 0.6 is 0 Å². The van der Waals surface area contributed by atoms with E-state index in [-0.39, 0.29) is 34.5 Å². The molecule has 3 rings (SSSR count). The molecule has 5 nitrogen and oxygen atoms in total. The van der Waals surface area contributed by atoms with Gasteiger partial charge in [-0.3, -0.25) is 0 Å². The first-order chi connectivity index (χ1) is 15.8. The molecule has 0 heterocycles. The molecular formula is C27H31N2NaO3S. The number of anilines is 1. The van der Waals surface area contributed by atoms with E-state index in [9.17, 15) is 13.0 Å². The molecule has 1 aliphatic rings. The van der Waals surface area contributed by atoms with E-state index in [4.69, 9.17) is 0 Å². The number of hydrogen-bond acceptors (Lipinski definition) is 4. The zero-order valence-corrected chi connectivity index (χ0v) is 23.5. The van der Waals surface area contributed by atoms with Crippen LogP contribution in [0.5, 0.6) is 0 Å². The Bertz CT molecular complexity index is 1200. The summed E-state index contributed by atoms with van der Waals surface area (Å²) in [4.78, 5) is 2.00. The van der Waals surface area contributed by atoms with Gasteiger partial charge in [-0.2, -0.15) is 24.3 Å². The Morgan fingerprint density at radius 3 is 2.03 bits per heavy atom. The number of nitrogens with zero attached hydrogens (tertiary/aromatic N) is 2. The standard InChI is InChI=1S/C27H32N2O3S.Na/c1-5-28(6-2)23-17-13-21(14-18-23)27(25-11-9-10-12-26(25)33(30,31)32)22-15-19-24(20-16-22)29(7-3)8-4;/h10-20H,5-8H2,1-4H3,(H,30,31,32);/q;+1/p-1. The first-order valence-electron chi connectivity index (χ1n) is 11.4. The monoisotopic (exact) mass is 486 g/mol. The molecule has 1 aliphatic carbocycles. The van der Waals surface area contributed by atoms with Gasteiger partial charge in [0.2, 0.25) is 0 Å². The predicted octanol–water partition coefficient (Wildman–Crippen LogP) is 1.66. The molecule has 0 atom stereocenters. The molecule has 0 N–H and O–H groups in total. The Morgan fingerprint density at radius 1 is 0.941 bits per heavy atom. The van der Waals surface area contributed by atoms with Crippen LogP contribution in [0.2, 0.25) is 0 Å². The van der Waals surface area contributed by atoms with Gasteiger partial charge in [0.15, 0.2) is 5.71 Å². The minimum atomic E-state index is -4.66. The summed E-state index contributed by atoms with van der Waals surface area (Å²) < 4.78 is 38.4. The van der Waals surface area contributed by atoms with Crippen LogP contribution in [0, 0.1) is 6.07 Å². The van der Waals surface area contributed by atoms with E-state index in [1.54, 1.807) is 6.07 Å². The largest absolute Gasteiger partial charge is 1.00 e. The topological polar surface area (TPSA) is 63.5 Å². The maximum atomic E-state index is 12.1. The van der Waals surface area contributed by atoms with Gasteiger partial charge in [-0.25, -0.2) is 13.0 Å². The minimum absolute atomic E-state index is 0. The molecule has 0 unspecified atom stereocenters. The van der Waals surface area contributed by atoms with Gasteiger partial charge in [-0.1, -0.05) is 17.7 Å². The molecule has 0 spiro atoms. The van der Waals surface area contributed by atoms with Gasteiger partial charge in [-0.15, -0.1) is 5.56 Å². The summed E-state index contributed by atoms with van der Waals surface area (Å²) in [6, 6.07) is 15.3. The predicted molar refractivity (Wildman–Crippen MR) is 134 cm³/mol. The van der Waals surface area contributed by atoms with Crippen LogP contribution in [0.3, 0.4) is 0 Å². The Labute approximate surface area is 226 Å². The van der Waals surface area contributed by atoms with E-state index >= 15 is 0 Å². The van der Waals surface area contributed by atoms with Crippen molar-refractivity contribution in [2.45, 2.75) is 32.6 Å². The third-order valence-electron chi connectivity index (χ3n) is 5.93. The molecule has 0 bridgehead atoms.